The van der Waals surface area contributed by atoms with Gasteiger partial charge in [0.2, 0.25) is 0 Å². The molecule has 0 spiro atoms. The van der Waals surface area contributed by atoms with Crippen LogP contribution in [0, 0.1) is 16.7 Å². The predicted octanol–water partition coefficient (Wildman–Crippen LogP) is 7.15. The largest absolute Gasteiger partial charge is 0.494 e. The first-order chi connectivity index (χ1) is 19.3. The maximum absolute atomic E-state index is 10.6. The number of aliphatic hydroxyl groups is 3. The van der Waals surface area contributed by atoms with Crippen molar-refractivity contribution in [2.45, 2.75) is 99.0 Å². The molecule has 0 radical (unpaired) electrons. The summed E-state index contributed by atoms with van der Waals surface area (Å²) in [5.41, 5.74) is 1.69. The summed E-state index contributed by atoms with van der Waals surface area (Å²) in [5, 5.41) is 29.6. The fourth-order valence-corrected chi connectivity index (χ4v) is 4.91. The van der Waals surface area contributed by atoms with Crippen LogP contribution in [0.15, 0.2) is 42.5 Å². The van der Waals surface area contributed by atoms with Crippen molar-refractivity contribution >= 4 is 0 Å². The summed E-state index contributed by atoms with van der Waals surface area (Å²) in [7, 11) is 0. The highest BCUT2D eigenvalue weighted by Gasteiger charge is 2.32. The average molecular weight is 573 g/mol. The van der Waals surface area contributed by atoms with Gasteiger partial charge in [0, 0.05) is 24.5 Å². The van der Waals surface area contributed by atoms with E-state index in [1.807, 2.05) is 39.0 Å². The van der Waals surface area contributed by atoms with Gasteiger partial charge in [0.1, 0.15) is 12.4 Å². The molecule has 0 saturated carbocycles. The maximum Gasteiger partial charge on any atom is 0.161 e. The van der Waals surface area contributed by atoms with E-state index in [2.05, 4.69) is 58.9 Å². The molecule has 41 heavy (non-hydrogen) atoms. The van der Waals surface area contributed by atoms with E-state index < -0.39 is 6.10 Å². The molecule has 0 amide bonds. The first-order valence-corrected chi connectivity index (χ1v) is 15.4. The first-order valence-electron chi connectivity index (χ1n) is 15.4. The SMILES string of the molecule is CCC(CC)(c1ccc(OCCCCCO)cc1)c1ccc(OCC(O)C(C)(C)C)c(OCC(CO)C(C)(C)C)c1. The summed E-state index contributed by atoms with van der Waals surface area (Å²) in [6.07, 6.45) is 3.85. The molecule has 0 aliphatic rings. The van der Waals surface area contributed by atoms with E-state index >= 15 is 0 Å². The summed E-state index contributed by atoms with van der Waals surface area (Å²) in [4.78, 5) is 0. The zero-order valence-electron chi connectivity index (χ0n) is 26.8. The number of hydrogen-bond acceptors (Lipinski definition) is 6. The number of unbranched alkanes of at least 4 members (excludes halogenated alkanes) is 2. The minimum Gasteiger partial charge on any atom is -0.494 e. The Morgan fingerprint density at radius 1 is 0.683 bits per heavy atom. The van der Waals surface area contributed by atoms with Crippen LogP contribution in [0.1, 0.15) is 98.6 Å². The minimum absolute atomic E-state index is 0.0336. The second-order valence-electron chi connectivity index (χ2n) is 13.4. The maximum atomic E-state index is 10.6. The van der Waals surface area contributed by atoms with Crippen LogP contribution in [0.2, 0.25) is 0 Å². The molecule has 2 atom stereocenters. The number of rotatable bonds is 17. The van der Waals surface area contributed by atoms with Crippen molar-refractivity contribution in [3.05, 3.63) is 53.6 Å². The molecule has 2 rings (SSSR count). The molecule has 0 bridgehead atoms. The lowest BCUT2D eigenvalue weighted by molar-refractivity contribution is 0.0201. The standard InChI is InChI=1S/C35H56O6/c1-9-35(10-2,26-14-17-29(18-15-26)39-21-13-11-12-20-36)27-16-19-30(41-25-32(38)34(6,7)8)31(22-27)40-24-28(23-37)33(3,4)5/h14-19,22,28,32,36-38H,9-13,20-21,23-25H2,1-8H3. The van der Waals surface area contributed by atoms with Gasteiger partial charge in [-0.2, -0.15) is 0 Å². The molecule has 2 aromatic carbocycles. The van der Waals surface area contributed by atoms with Crippen LogP contribution in [-0.4, -0.2) is 54.5 Å². The van der Waals surface area contributed by atoms with Crippen molar-refractivity contribution in [2.24, 2.45) is 16.7 Å². The molecule has 6 nitrogen and oxygen atoms in total. The molecule has 2 unspecified atom stereocenters. The lowest BCUT2D eigenvalue weighted by Crippen LogP contribution is -2.32. The monoisotopic (exact) mass is 572 g/mol. The van der Waals surface area contributed by atoms with E-state index in [4.69, 9.17) is 19.3 Å². The van der Waals surface area contributed by atoms with Crippen molar-refractivity contribution in [3.63, 3.8) is 0 Å². The fourth-order valence-electron chi connectivity index (χ4n) is 4.91. The Bertz CT molecular complexity index is 1010. The van der Waals surface area contributed by atoms with E-state index in [1.54, 1.807) is 0 Å². The Balaban J connectivity index is 2.39. The van der Waals surface area contributed by atoms with Crippen molar-refractivity contribution in [1.82, 2.24) is 0 Å². The van der Waals surface area contributed by atoms with E-state index in [1.165, 1.54) is 5.56 Å². The Labute approximate surface area is 249 Å². The van der Waals surface area contributed by atoms with Crippen LogP contribution in [0.3, 0.4) is 0 Å². The van der Waals surface area contributed by atoms with Gasteiger partial charge in [0.15, 0.2) is 11.5 Å². The van der Waals surface area contributed by atoms with Crippen LogP contribution in [-0.2, 0) is 5.41 Å². The van der Waals surface area contributed by atoms with Gasteiger partial charge in [-0.05, 0) is 78.3 Å². The Kier molecular flexibility index (Phi) is 13.5. The molecule has 0 aliphatic carbocycles. The highest BCUT2D eigenvalue weighted by Crippen LogP contribution is 2.43. The van der Waals surface area contributed by atoms with Crippen LogP contribution >= 0.6 is 0 Å². The lowest BCUT2D eigenvalue weighted by atomic mass is 9.70. The van der Waals surface area contributed by atoms with Crippen molar-refractivity contribution in [2.75, 3.05) is 33.0 Å². The Morgan fingerprint density at radius 3 is 1.83 bits per heavy atom. The summed E-state index contributed by atoms with van der Waals surface area (Å²) in [6.45, 7) is 18.1. The molecular formula is C35H56O6. The van der Waals surface area contributed by atoms with Gasteiger partial charge in [-0.15, -0.1) is 0 Å². The second-order valence-corrected chi connectivity index (χ2v) is 13.4. The topological polar surface area (TPSA) is 88.4 Å². The first kappa shape index (κ1) is 34.9. The summed E-state index contributed by atoms with van der Waals surface area (Å²) in [6, 6.07) is 14.5. The molecular weight excluding hydrogens is 516 g/mol. The molecule has 0 aromatic heterocycles. The van der Waals surface area contributed by atoms with E-state index in [9.17, 15) is 10.2 Å². The highest BCUT2D eigenvalue weighted by molar-refractivity contribution is 5.49. The highest BCUT2D eigenvalue weighted by atomic mass is 16.5. The van der Waals surface area contributed by atoms with Crippen LogP contribution in [0.5, 0.6) is 17.2 Å². The zero-order valence-corrected chi connectivity index (χ0v) is 26.8. The van der Waals surface area contributed by atoms with Crippen LogP contribution < -0.4 is 14.2 Å². The molecule has 0 fully saturated rings. The summed E-state index contributed by atoms with van der Waals surface area (Å²) < 4.78 is 18.4. The quantitative estimate of drug-likeness (QED) is 0.174. The minimum atomic E-state index is -0.629. The number of benzene rings is 2. The number of hydrogen-bond donors (Lipinski definition) is 3. The van der Waals surface area contributed by atoms with Crippen LogP contribution in [0.25, 0.3) is 0 Å². The van der Waals surface area contributed by atoms with Crippen molar-refractivity contribution < 1.29 is 29.5 Å². The number of ether oxygens (including phenoxy) is 3. The van der Waals surface area contributed by atoms with Crippen molar-refractivity contribution in [3.8, 4) is 17.2 Å². The molecule has 0 aliphatic heterocycles. The van der Waals surface area contributed by atoms with Gasteiger partial charge in [0.25, 0.3) is 0 Å². The van der Waals surface area contributed by atoms with Gasteiger partial charge in [-0.25, -0.2) is 0 Å². The van der Waals surface area contributed by atoms with E-state index in [-0.39, 0.29) is 42.0 Å². The molecule has 232 valence electrons. The second kappa shape index (κ2) is 15.8. The smallest absolute Gasteiger partial charge is 0.161 e. The average Bonchev–Trinajstić information content (AvgIpc) is 2.93. The number of aliphatic hydroxyl groups excluding tert-OH is 3. The summed E-state index contributed by atoms with van der Waals surface area (Å²) in [5.74, 6) is 2.02. The van der Waals surface area contributed by atoms with Crippen molar-refractivity contribution in [1.29, 1.82) is 0 Å². The van der Waals surface area contributed by atoms with E-state index in [0.29, 0.717) is 24.7 Å². The molecule has 3 N–H and O–H groups in total. The lowest BCUT2D eigenvalue weighted by Gasteiger charge is -2.34. The molecule has 0 heterocycles. The van der Waals surface area contributed by atoms with E-state index in [0.717, 1.165) is 43.4 Å². The van der Waals surface area contributed by atoms with Crippen LogP contribution in [0.4, 0.5) is 0 Å². The molecule has 2 aromatic rings. The fraction of sp³-hybridized carbons (Fsp3) is 0.657. The molecule has 6 heteroatoms. The van der Waals surface area contributed by atoms with Gasteiger partial charge in [-0.3, -0.25) is 0 Å². The Hall–Kier alpha value is -2.28. The zero-order chi connectivity index (χ0) is 30.7. The summed E-state index contributed by atoms with van der Waals surface area (Å²) >= 11 is 0. The normalized spacial score (nSPS) is 14.0. The van der Waals surface area contributed by atoms with Gasteiger partial charge >= 0.3 is 0 Å². The molecule has 0 saturated heterocycles. The van der Waals surface area contributed by atoms with Gasteiger partial charge in [0.05, 0.1) is 19.3 Å². The third kappa shape index (κ3) is 9.90. The third-order valence-electron chi connectivity index (χ3n) is 8.46. The van der Waals surface area contributed by atoms with Gasteiger partial charge < -0.3 is 29.5 Å². The van der Waals surface area contributed by atoms with Gasteiger partial charge in [-0.1, -0.05) is 73.6 Å². The predicted molar refractivity (Wildman–Crippen MR) is 167 cm³/mol. The Morgan fingerprint density at radius 2 is 1.29 bits per heavy atom. The third-order valence-corrected chi connectivity index (χ3v) is 8.46.